The maximum absolute atomic E-state index is 11.9. The van der Waals surface area contributed by atoms with Gasteiger partial charge < -0.3 is 14.6 Å². The van der Waals surface area contributed by atoms with Crippen molar-refractivity contribution in [2.75, 3.05) is 6.79 Å². The Kier molecular flexibility index (Phi) is 3.38. The lowest BCUT2D eigenvalue weighted by atomic mass is 9.73. The topological polar surface area (TPSA) is 38.7 Å². The predicted molar refractivity (Wildman–Crippen MR) is 93.7 cm³/mol. The van der Waals surface area contributed by atoms with Crippen molar-refractivity contribution in [3.8, 4) is 11.5 Å². The highest BCUT2D eigenvalue weighted by atomic mass is 35.5. The number of aliphatic hydroxyl groups is 1. The minimum atomic E-state index is -1.35. The molecule has 24 heavy (non-hydrogen) atoms. The van der Waals surface area contributed by atoms with E-state index < -0.39 is 15.3 Å². The quantitative estimate of drug-likeness (QED) is 0.815. The average molecular weight is 365 g/mol. The summed E-state index contributed by atoms with van der Waals surface area (Å²) < 4.78 is 9.84. The number of benzene rings is 2. The van der Waals surface area contributed by atoms with Gasteiger partial charge in [0, 0.05) is 11.3 Å². The Morgan fingerprint density at radius 2 is 1.67 bits per heavy atom. The molecule has 2 aliphatic rings. The van der Waals surface area contributed by atoms with E-state index in [1.54, 1.807) is 0 Å². The van der Waals surface area contributed by atoms with Gasteiger partial charge in [-0.2, -0.15) is 0 Å². The molecule has 0 saturated heterocycles. The highest BCUT2D eigenvalue weighted by Gasteiger charge is 2.79. The molecule has 3 nitrogen and oxygen atoms in total. The molecule has 1 saturated carbocycles. The van der Waals surface area contributed by atoms with Crippen molar-refractivity contribution in [3.05, 3.63) is 59.7 Å². The van der Waals surface area contributed by atoms with Gasteiger partial charge in [-0.25, -0.2) is 0 Å². The molecule has 2 aromatic rings. The van der Waals surface area contributed by atoms with Crippen molar-refractivity contribution in [2.45, 2.75) is 23.8 Å². The number of hydrogen-bond acceptors (Lipinski definition) is 3. The molecule has 1 aliphatic heterocycles. The van der Waals surface area contributed by atoms with Gasteiger partial charge in [0.2, 0.25) is 6.79 Å². The summed E-state index contributed by atoms with van der Waals surface area (Å²) in [5.74, 6) is 1.21. The van der Waals surface area contributed by atoms with E-state index in [1.165, 1.54) is 0 Å². The fraction of sp³-hybridized carbons (Fsp3) is 0.368. The van der Waals surface area contributed by atoms with Crippen molar-refractivity contribution in [1.82, 2.24) is 0 Å². The Labute approximate surface area is 151 Å². The molecule has 0 spiro atoms. The molecular formula is C19H18Cl2O3. The average Bonchev–Trinajstić information content (AvgIpc) is 2.96. The minimum absolute atomic E-state index is 0.0797. The zero-order valence-electron chi connectivity index (χ0n) is 13.4. The Morgan fingerprint density at radius 3 is 2.29 bits per heavy atom. The van der Waals surface area contributed by atoms with E-state index in [2.05, 4.69) is 0 Å². The van der Waals surface area contributed by atoms with Gasteiger partial charge in [0.15, 0.2) is 11.5 Å². The Bertz CT molecular complexity index is 792. The van der Waals surface area contributed by atoms with Crippen molar-refractivity contribution in [1.29, 1.82) is 0 Å². The second-order valence-electron chi connectivity index (χ2n) is 6.69. The summed E-state index contributed by atoms with van der Waals surface area (Å²) in [6.07, 6.45) is 0. The summed E-state index contributed by atoms with van der Waals surface area (Å²) in [4.78, 5) is 0. The van der Waals surface area contributed by atoms with E-state index in [1.807, 2.05) is 62.4 Å². The number of hydrogen-bond donors (Lipinski definition) is 1. The van der Waals surface area contributed by atoms with Crippen molar-refractivity contribution in [2.24, 2.45) is 11.3 Å². The normalized spacial score (nSPS) is 29.1. The van der Waals surface area contributed by atoms with Gasteiger partial charge in [0.1, 0.15) is 9.93 Å². The van der Waals surface area contributed by atoms with E-state index in [9.17, 15) is 5.11 Å². The largest absolute Gasteiger partial charge is 0.454 e. The van der Waals surface area contributed by atoms with Crippen molar-refractivity contribution < 1.29 is 14.6 Å². The molecule has 1 N–H and O–H groups in total. The molecule has 0 aromatic heterocycles. The smallest absolute Gasteiger partial charge is 0.231 e. The highest BCUT2D eigenvalue weighted by molar-refractivity contribution is 6.52. The van der Waals surface area contributed by atoms with Crippen LogP contribution in [0.2, 0.25) is 0 Å². The monoisotopic (exact) mass is 364 g/mol. The first kappa shape index (κ1) is 16.1. The lowest BCUT2D eigenvalue weighted by molar-refractivity contribution is 0.00141. The summed E-state index contributed by atoms with van der Waals surface area (Å²) in [5, 5.41) is 11.9. The summed E-state index contributed by atoms with van der Waals surface area (Å²) >= 11 is 13.1. The third-order valence-electron chi connectivity index (χ3n) is 5.75. The lowest BCUT2D eigenvalue weighted by Crippen LogP contribution is -2.40. The van der Waals surface area contributed by atoms with Gasteiger partial charge in [-0.1, -0.05) is 50.2 Å². The molecule has 5 heteroatoms. The van der Waals surface area contributed by atoms with Gasteiger partial charge >= 0.3 is 0 Å². The Balaban J connectivity index is 1.93. The first-order valence-electron chi connectivity index (χ1n) is 7.89. The minimum Gasteiger partial charge on any atom is -0.454 e. The van der Waals surface area contributed by atoms with E-state index in [0.717, 1.165) is 5.56 Å². The summed E-state index contributed by atoms with van der Waals surface area (Å²) in [5.41, 5.74) is -0.645. The molecule has 3 atom stereocenters. The second-order valence-corrected chi connectivity index (χ2v) is 8.08. The SMILES string of the molecule is C[C@@H]1C(Cl)(Cl)[C@]1(C)[C@](O)(c1ccccc1)c1ccc2c(c1)OCO2. The van der Waals surface area contributed by atoms with Gasteiger partial charge in [-0.05, 0) is 23.3 Å². The van der Waals surface area contributed by atoms with Crippen LogP contribution in [0.25, 0.3) is 0 Å². The third kappa shape index (κ3) is 1.83. The van der Waals surface area contributed by atoms with Crippen LogP contribution in [-0.4, -0.2) is 16.2 Å². The molecule has 1 heterocycles. The number of halogens is 2. The van der Waals surface area contributed by atoms with Crippen LogP contribution in [0.15, 0.2) is 48.5 Å². The zero-order chi connectivity index (χ0) is 17.2. The van der Waals surface area contributed by atoms with Crippen LogP contribution in [0.1, 0.15) is 25.0 Å². The van der Waals surface area contributed by atoms with E-state index in [-0.39, 0.29) is 12.7 Å². The fourth-order valence-corrected chi connectivity index (χ4v) is 4.79. The maximum atomic E-state index is 11.9. The van der Waals surface area contributed by atoms with Crippen LogP contribution in [0.3, 0.4) is 0 Å². The molecule has 0 bridgehead atoms. The van der Waals surface area contributed by atoms with E-state index in [0.29, 0.717) is 17.1 Å². The van der Waals surface area contributed by atoms with Crippen LogP contribution >= 0.6 is 23.2 Å². The summed E-state index contributed by atoms with van der Waals surface area (Å²) in [7, 11) is 0. The first-order valence-corrected chi connectivity index (χ1v) is 8.65. The van der Waals surface area contributed by atoms with Crippen LogP contribution in [-0.2, 0) is 5.60 Å². The van der Waals surface area contributed by atoms with E-state index in [4.69, 9.17) is 32.7 Å². The summed E-state index contributed by atoms with van der Waals surface area (Å²) in [6, 6.07) is 15.0. The molecule has 2 aromatic carbocycles. The molecule has 0 radical (unpaired) electrons. The van der Waals surface area contributed by atoms with Crippen LogP contribution in [0, 0.1) is 11.3 Å². The standard InChI is InChI=1S/C19H18Cl2O3/c1-12-17(2,19(12,20)21)18(22,13-6-4-3-5-7-13)14-8-9-15-16(10-14)24-11-23-15/h3-10,12,22H,11H2,1-2H3/t12-,17-,18-/m0/s1. The van der Waals surface area contributed by atoms with Crippen molar-refractivity contribution >= 4 is 23.2 Å². The molecule has 1 fully saturated rings. The Hall–Kier alpha value is -1.42. The first-order chi connectivity index (χ1) is 11.3. The van der Waals surface area contributed by atoms with Gasteiger partial charge in [0.25, 0.3) is 0 Å². The number of ether oxygens (including phenoxy) is 2. The van der Waals surface area contributed by atoms with Crippen molar-refractivity contribution in [3.63, 3.8) is 0 Å². The van der Waals surface area contributed by atoms with Gasteiger partial charge in [-0.3, -0.25) is 0 Å². The molecule has 1 aliphatic carbocycles. The Morgan fingerprint density at radius 1 is 1.04 bits per heavy atom. The molecule has 4 rings (SSSR count). The fourth-order valence-electron chi connectivity index (χ4n) is 3.86. The van der Waals surface area contributed by atoms with Crippen LogP contribution in [0.5, 0.6) is 11.5 Å². The highest BCUT2D eigenvalue weighted by Crippen LogP contribution is 2.76. The summed E-state index contributed by atoms with van der Waals surface area (Å²) in [6.45, 7) is 4.07. The molecule has 0 unspecified atom stereocenters. The number of alkyl halides is 2. The number of rotatable bonds is 3. The zero-order valence-corrected chi connectivity index (χ0v) is 14.9. The van der Waals surface area contributed by atoms with Gasteiger partial charge in [0.05, 0.1) is 0 Å². The molecule has 126 valence electrons. The second kappa shape index (κ2) is 5.04. The van der Waals surface area contributed by atoms with Gasteiger partial charge in [-0.15, -0.1) is 23.2 Å². The predicted octanol–water partition coefficient (Wildman–Crippen LogP) is 4.48. The third-order valence-corrected chi connectivity index (χ3v) is 7.19. The molecule has 0 amide bonds. The lowest BCUT2D eigenvalue weighted by Gasteiger charge is -2.37. The van der Waals surface area contributed by atoms with E-state index >= 15 is 0 Å². The number of fused-ring (bicyclic) bond motifs is 1. The molecular weight excluding hydrogens is 347 g/mol. The van der Waals surface area contributed by atoms with Crippen LogP contribution < -0.4 is 9.47 Å². The van der Waals surface area contributed by atoms with Crippen LogP contribution in [0.4, 0.5) is 0 Å². The maximum Gasteiger partial charge on any atom is 0.231 e.